The minimum absolute atomic E-state index is 0.275. The Kier molecular flexibility index (Phi) is 6.72. The molecule has 0 saturated heterocycles. The standard InChI is InChI=1S/C19H23N5O3/c1-2-26-10-11-27-14-15-6-5-7-16(12-15)21-19(25)20-13-18-23-22-17-8-3-4-9-24(17)18/h3-9,12H,2,10-11,13-14H2,1H3,(H2,20,21,25). The van der Waals surface area contributed by atoms with Gasteiger partial charge in [-0.25, -0.2) is 4.79 Å². The molecule has 8 nitrogen and oxygen atoms in total. The number of carbonyl (C=O) groups excluding carboxylic acids is 1. The summed E-state index contributed by atoms with van der Waals surface area (Å²) in [4.78, 5) is 12.2. The van der Waals surface area contributed by atoms with Gasteiger partial charge in [-0.2, -0.15) is 0 Å². The molecule has 2 N–H and O–H groups in total. The number of amides is 2. The number of rotatable bonds is 9. The van der Waals surface area contributed by atoms with Crippen LogP contribution in [0.15, 0.2) is 48.7 Å². The molecule has 0 bridgehead atoms. The predicted molar refractivity (Wildman–Crippen MR) is 101 cm³/mol. The Bertz CT molecular complexity index is 880. The first-order chi connectivity index (χ1) is 13.3. The lowest BCUT2D eigenvalue weighted by Crippen LogP contribution is -2.29. The number of nitrogens with one attached hydrogen (secondary N) is 2. The van der Waals surface area contributed by atoms with E-state index in [1.165, 1.54) is 0 Å². The SMILES string of the molecule is CCOCCOCc1cccc(NC(=O)NCc2nnc3ccccn23)c1. The van der Waals surface area contributed by atoms with E-state index < -0.39 is 0 Å². The van der Waals surface area contributed by atoms with Crippen molar-refractivity contribution in [1.29, 1.82) is 0 Å². The summed E-state index contributed by atoms with van der Waals surface area (Å²) >= 11 is 0. The summed E-state index contributed by atoms with van der Waals surface area (Å²) in [6.07, 6.45) is 1.86. The Balaban J connectivity index is 1.48. The van der Waals surface area contributed by atoms with Gasteiger partial charge < -0.3 is 20.1 Å². The molecule has 0 aliphatic carbocycles. The Labute approximate surface area is 157 Å². The predicted octanol–water partition coefficient (Wildman–Crippen LogP) is 2.60. The minimum atomic E-state index is -0.308. The van der Waals surface area contributed by atoms with Gasteiger partial charge >= 0.3 is 6.03 Å². The maximum absolute atomic E-state index is 12.2. The van der Waals surface area contributed by atoms with E-state index in [9.17, 15) is 4.79 Å². The molecule has 0 aliphatic heterocycles. The molecule has 3 aromatic rings. The molecule has 8 heteroatoms. The third-order valence-electron chi connectivity index (χ3n) is 3.82. The van der Waals surface area contributed by atoms with Gasteiger partial charge in [0.1, 0.15) is 0 Å². The number of pyridine rings is 1. The average molecular weight is 369 g/mol. The lowest BCUT2D eigenvalue weighted by Gasteiger charge is -2.09. The number of hydrogen-bond donors (Lipinski definition) is 2. The number of aromatic nitrogens is 3. The van der Waals surface area contributed by atoms with Crippen LogP contribution in [0.25, 0.3) is 5.65 Å². The van der Waals surface area contributed by atoms with E-state index in [4.69, 9.17) is 9.47 Å². The molecule has 1 aromatic carbocycles. The van der Waals surface area contributed by atoms with Gasteiger partial charge in [-0.3, -0.25) is 4.40 Å². The fourth-order valence-corrected chi connectivity index (χ4v) is 2.54. The average Bonchev–Trinajstić information content (AvgIpc) is 3.10. The summed E-state index contributed by atoms with van der Waals surface area (Å²) in [5, 5.41) is 13.8. The number of carbonyl (C=O) groups is 1. The normalized spacial score (nSPS) is 10.9. The van der Waals surface area contributed by atoms with E-state index in [1.54, 1.807) is 0 Å². The molecule has 0 aliphatic rings. The highest BCUT2D eigenvalue weighted by Gasteiger charge is 2.07. The van der Waals surface area contributed by atoms with Crippen LogP contribution in [0.2, 0.25) is 0 Å². The summed E-state index contributed by atoms with van der Waals surface area (Å²) < 4.78 is 12.6. The van der Waals surface area contributed by atoms with Gasteiger partial charge in [0.15, 0.2) is 11.5 Å². The fourth-order valence-electron chi connectivity index (χ4n) is 2.54. The number of benzene rings is 1. The Morgan fingerprint density at radius 2 is 2.00 bits per heavy atom. The third kappa shape index (κ3) is 5.50. The number of nitrogens with zero attached hydrogens (tertiary/aromatic N) is 3. The Morgan fingerprint density at radius 3 is 2.89 bits per heavy atom. The lowest BCUT2D eigenvalue weighted by atomic mass is 10.2. The van der Waals surface area contributed by atoms with Gasteiger partial charge in [0.2, 0.25) is 0 Å². The Morgan fingerprint density at radius 1 is 1.11 bits per heavy atom. The van der Waals surface area contributed by atoms with E-state index in [0.717, 1.165) is 11.2 Å². The van der Waals surface area contributed by atoms with Crippen molar-refractivity contribution in [2.75, 3.05) is 25.1 Å². The first-order valence-electron chi connectivity index (χ1n) is 8.84. The maximum Gasteiger partial charge on any atom is 0.319 e. The first-order valence-corrected chi connectivity index (χ1v) is 8.84. The zero-order chi connectivity index (χ0) is 18.9. The molecular weight excluding hydrogens is 346 g/mol. The van der Waals surface area contributed by atoms with Gasteiger partial charge in [0, 0.05) is 18.5 Å². The van der Waals surface area contributed by atoms with Gasteiger partial charge in [-0.05, 0) is 36.8 Å². The zero-order valence-electron chi connectivity index (χ0n) is 15.2. The van der Waals surface area contributed by atoms with Crippen molar-refractivity contribution in [1.82, 2.24) is 19.9 Å². The van der Waals surface area contributed by atoms with Crippen molar-refractivity contribution in [3.05, 3.63) is 60.0 Å². The van der Waals surface area contributed by atoms with E-state index >= 15 is 0 Å². The topological polar surface area (TPSA) is 89.8 Å². The van der Waals surface area contributed by atoms with Crippen LogP contribution in [0.4, 0.5) is 10.5 Å². The van der Waals surface area contributed by atoms with Gasteiger partial charge in [0.05, 0.1) is 26.4 Å². The molecule has 0 radical (unpaired) electrons. The highest BCUT2D eigenvalue weighted by Crippen LogP contribution is 2.11. The molecule has 2 heterocycles. The molecule has 0 fully saturated rings. The monoisotopic (exact) mass is 369 g/mol. The minimum Gasteiger partial charge on any atom is -0.379 e. The van der Waals surface area contributed by atoms with Crippen LogP contribution < -0.4 is 10.6 Å². The smallest absolute Gasteiger partial charge is 0.319 e. The summed E-state index contributed by atoms with van der Waals surface area (Å²) in [6.45, 7) is 4.49. The summed E-state index contributed by atoms with van der Waals surface area (Å²) in [6, 6.07) is 12.9. The number of anilines is 1. The van der Waals surface area contributed by atoms with Crippen molar-refractivity contribution >= 4 is 17.4 Å². The van der Waals surface area contributed by atoms with Crippen molar-refractivity contribution in [2.45, 2.75) is 20.1 Å². The molecule has 27 heavy (non-hydrogen) atoms. The molecule has 2 amide bonds. The van der Waals surface area contributed by atoms with E-state index in [0.29, 0.717) is 37.9 Å². The molecule has 2 aromatic heterocycles. The van der Waals surface area contributed by atoms with Gasteiger partial charge in [-0.15, -0.1) is 10.2 Å². The van der Waals surface area contributed by atoms with Crippen LogP contribution in [0, 0.1) is 0 Å². The highest BCUT2D eigenvalue weighted by molar-refractivity contribution is 5.89. The first kappa shape index (κ1) is 18.8. The van der Waals surface area contributed by atoms with Crippen molar-refractivity contribution < 1.29 is 14.3 Å². The summed E-state index contributed by atoms with van der Waals surface area (Å²) in [5.74, 6) is 0.664. The quantitative estimate of drug-likeness (QED) is 0.566. The van der Waals surface area contributed by atoms with Crippen LogP contribution in [-0.4, -0.2) is 40.4 Å². The molecular formula is C19H23N5O3. The highest BCUT2D eigenvalue weighted by atomic mass is 16.5. The molecule has 0 spiro atoms. The third-order valence-corrected chi connectivity index (χ3v) is 3.82. The van der Waals surface area contributed by atoms with E-state index in [-0.39, 0.29) is 12.6 Å². The number of hydrogen-bond acceptors (Lipinski definition) is 5. The second-order valence-electron chi connectivity index (χ2n) is 5.80. The second-order valence-corrected chi connectivity index (χ2v) is 5.80. The van der Waals surface area contributed by atoms with Gasteiger partial charge in [-0.1, -0.05) is 18.2 Å². The lowest BCUT2D eigenvalue weighted by molar-refractivity contribution is 0.0453. The molecule has 3 rings (SSSR count). The van der Waals surface area contributed by atoms with Crippen LogP contribution in [0.3, 0.4) is 0 Å². The Hall–Kier alpha value is -2.97. The van der Waals surface area contributed by atoms with Crippen LogP contribution in [0.5, 0.6) is 0 Å². The van der Waals surface area contributed by atoms with E-state index in [2.05, 4.69) is 20.8 Å². The van der Waals surface area contributed by atoms with Gasteiger partial charge in [0.25, 0.3) is 0 Å². The number of fused-ring (bicyclic) bond motifs is 1. The molecule has 142 valence electrons. The molecule has 0 saturated carbocycles. The van der Waals surface area contributed by atoms with Crippen LogP contribution >= 0.6 is 0 Å². The summed E-state index contributed by atoms with van der Waals surface area (Å²) in [7, 11) is 0. The van der Waals surface area contributed by atoms with Crippen molar-refractivity contribution in [3.63, 3.8) is 0 Å². The summed E-state index contributed by atoms with van der Waals surface area (Å²) in [5.41, 5.74) is 2.42. The zero-order valence-corrected chi connectivity index (χ0v) is 15.2. The van der Waals surface area contributed by atoms with Crippen LogP contribution in [0.1, 0.15) is 18.3 Å². The van der Waals surface area contributed by atoms with Crippen molar-refractivity contribution in [2.24, 2.45) is 0 Å². The fraction of sp³-hybridized carbons (Fsp3) is 0.316. The van der Waals surface area contributed by atoms with Crippen molar-refractivity contribution in [3.8, 4) is 0 Å². The largest absolute Gasteiger partial charge is 0.379 e. The number of urea groups is 1. The number of ether oxygens (including phenoxy) is 2. The van der Waals surface area contributed by atoms with Crippen LogP contribution in [-0.2, 0) is 22.6 Å². The maximum atomic E-state index is 12.2. The molecule has 0 unspecified atom stereocenters. The molecule has 0 atom stereocenters. The second kappa shape index (κ2) is 9.65. The van der Waals surface area contributed by atoms with E-state index in [1.807, 2.05) is 60.0 Å².